The Bertz CT molecular complexity index is 1160. The minimum absolute atomic E-state index is 0.0313. The molecule has 43 heavy (non-hydrogen) atoms. The molecule has 1 saturated heterocycles. The molecule has 244 valence electrons. The Kier molecular flexibility index (Phi) is 7.41. The molecular weight excluding hydrogens is 548 g/mol. The summed E-state index contributed by atoms with van der Waals surface area (Å²) in [7, 11) is 0. The zero-order chi connectivity index (χ0) is 31.5. The molecule has 6 rings (SSSR count). The summed E-state index contributed by atoms with van der Waals surface area (Å²) < 4.78 is 12.1. The van der Waals surface area contributed by atoms with Gasteiger partial charge in [0.25, 0.3) is 0 Å². The minimum atomic E-state index is -1.30. The van der Waals surface area contributed by atoms with E-state index in [1.165, 1.54) is 5.57 Å². The van der Waals surface area contributed by atoms with E-state index in [-0.39, 0.29) is 46.2 Å². The number of allylic oxidation sites excluding steroid dienone is 1. The van der Waals surface area contributed by atoms with Gasteiger partial charge in [-0.2, -0.15) is 0 Å². The van der Waals surface area contributed by atoms with Gasteiger partial charge in [-0.3, -0.25) is 4.79 Å². The summed E-state index contributed by atoms with van der Waals surface area (Å²) in [6, 6.07) is 0. The molecule has 0 unspecified atom stereocenters. The molecule has 5 aliphatic carbocycles. The molecule has 0 aromatic carbocycles. The van der Waals surface area contributed by atoms with Crippen molar-refractivity contribution in [3.63, 3.8) is 0 Å². The Balaban J connectivity index is 1.33. The summed E-state index contributed by atoms with van der Waals surface area (Å²) in [5.41, 5.74) is -1.16. The van der Waals surface area contributed by atoms with Crippen LogP contribution in [0.2, 0.25) is 0 Å². The lowest BCUT2D eigenvalue weighted by molar-refractivity contribution is -0.308. The molecule has 8 heteroatoms. The number of hydrogen-bond acceptors (Lipinski definition) is 7. The maximum Gasteiger partial charge on any atom is 0.310 e. The van der Waals surface area contributed by atoms with E-state index in [9.17, 15) is 30.3 Å². The first-order valence-electron chi connectivity index (χ1n) is 16.9. The van der Waals surface area contributed by atoms with Gasteiger partial charge in [-0.1, -0.05) is 53.2 Å². The molecule has 5 fully saturated rings. The third kappa shape index (κ3) is 4.11. The molecule has 1 aliphatic heterocycles. The van der Waals surface area contributed by atoms with Gasteiger partial charge in [-0.15, -0.1) is 0 Å². The van der Waals surface area contributed by atoms with Crippen LogP contribution < -0.4 is 0 Å². The van der Waals surface area contributed by atoms with E-state index in [2.05, 4.69) is 47.6 Å². The van der Waals surface area contributed by atoms with Crippen LogP contribution in [0.25, 0.3) is 0 Å². The Morgan fingerprint density at radius 3 is 2.28 bits per heavy atom. The lowest BCUT2D eigenvalue weighted by Gasteiger charge is -2.72. The van der Waals surface area contributed by atoms with E-state index in [4.69, 9.17) is 9.47 Å². The molecule has 0 bridgehead atoms. The van der Waals surface area contributed by atoms with Gasteiger partial charge in [0.1, 0.15) is 18.3 Å². The molecule has 0 radical (unpaired) electrons. The molecular formula is C35H56O8. The molecule has 0 spiro atoms. The Morgan fingerprint density at radius 2 is 1.60 bits per heavy atom. The summed E-state index contributed by atoms with van der Waals surface area (Å²) in [6.07, 6.45) is 5.06. The molecule has 0 aromatic rings. The van der Waals surface area contributed by atoms with Gasteiger partial charge >= 0.3 is 5.97 Å². The second-order valence-electron chi connectivity index (χ2n) is 17.1. The number of carboxylic acids is 1. The van der Waals surface area contributed by atoms with Crippen molar-refractivity contribution in [2.24, 2.45) is 50.7 Å². The maximum absolute atomic E-state index is 13.0. The summed E-state index contributed by atoms with van der Waals surface area (Å²) in [5, 5.41) is 53.4. The van der Waals surface area contributed by atoms with Crippen molar-refractivity contribution in [1.82, 2.24) is 0 Å². The van der Waals surface area contributed by atoms with Crippen LogP contribution in [0.1, 0.15) is 106 Å². The predicted molar refractivity (Wildman–Crippen MR) is 161 cm³/mol. The van der Waals surface area contributed by atoms with E-state index in [0.717, 1.165) is 44.9 Å². The van der Waals surface area contributed by atoms with Crippen LogP contribution in [-0.2, 0) is 14.3 Å². The standard InChI is InChI=1S/C35H56O8/c1-19-10-15-35(29(39)40)17-16-32(5)20(27(35)34(19,7)41)8-9-23-31(4)13-12-24(30(2,3)22(31)11-14-33(23,32)6)43-28-26(38)25(37)21(36)18-42-28/h8,19,21-28,36-38,41H,9-18H2,1-7H3,(H,39,40)/t19-,21+,22+,23-,24+,25+,26-,27+,28+,31+,32-,33-,34-,35+/m1/s1. The van der Waals surface area contributed by atoms with Crippen molar-refractivity contribution in [2.75, 3.05) is 6.61 Å². The van der Waals surface area contributed by atoms with Crippen molar-refractivity contribution in [2.45, 2.75) is 143 Å². The van der Waals surface area contributed by atoms with Crippen molar-refractivity contribution in [3.8, 4) is 0 Å². The van der Waals surface area contributed by atoms with Crippen molar-refractivity contribution in [1.29, 1.82) is 0 Å². The molecule has 4 saturated carbocycles. The Morgan fingerprint density at radius 1 is 0.907 bits per heavy atom. The third-order valence-electron chi connectivity index (χ3n) is 15.2. The van der Waals surface area contributed by atoms with Gasteiger partial charge < -0.3 is 35.0 Å². The van der Waals surface area contributed by atoms with E-state index < -0.39 is 41.6 Å². The SMILES string of the molecule is C[C@@H]1CC[C@]2(C(=O)O)CC[C@]3(C)C(=CC[C@@H]4[C@@]5(C)CC[C@H](O[C@@H]6OC[C@H](O)[C@H](O)[C@H]6O)C(C)(C)[C@@H]5CC[C@]43C)[C@H]2[C@]1(C)O. The van der Waals surface area contributed by atoms with Crippen LogP contribution in [0.3, 0.4) is 0 Å². The second kappa shape index (κ2) is 9.98. The second-order valence-corrected chi connectivity index (χ2v) is 17.1. The number of aliphatic hydroxyl groups excluding tert-OH is 3. The zero-order valence-corrected chi connectivity index (χ0v) is 27.3. The molecule has 6 aliphatic rings. The number of aliphatic hydroxyl groups is 4. The summed E-state index contributed by atoms with van der Waals surface area (Å²) in [6.45, 7) is 15.8. The number of aliphatic carboxylic acids is 1. The quantitative estimate of drug-likeness (QED) is 0.232. The first kappa shape index (κ1) is 31.9. The van der Waals surface area contributed by atoms with Crippen molar-refractivity contribution in [3.05, 3.63) is 11.6 Å². The largest absolute Gasteiger partial charge is 0.481 e. The summed E-state index contributed by atoms with van der Waals surface area (Å²) in [5.74, 6) is -0.306. The molecule has 0 aromatic heterocycles. The first-order chi connectivity index (χ1) is 19.9. The lowest BCUT2D eigenvalue weighted by Crippen LogP contribution is -2.68. The first-order valence-corrected chi connectivity index (χ1v) is 16.9. The molecule has 1 heterocycles. The van der Waals surface area contributed by atoms with Gasteiger partial charge in [0, 0.05) is 5.92 Å². The van der Waals surface area contributed by atoms with E-state index in [0.29, 0.717) is 24.7 Å². The number of carboxylic acid groups (broad SMARTS) is 1. The van der Waals surface area contributed by atoms with Crippen LogP contribution in [0.5, 0.6) is 0 Å². The number of hydrogen-bond donors (Lipinski definition) is 5. The predicted octanol–water partition coefficient (Wildman–Crippen LogP) is 4.67. The Labute approximate surface area is 257 Å². The highest BCUT2D eigenvalue weighted by atomic mass is 16.7. The highest BCUT2D eigenvalue weighted by Gasteiger charge is 2.71. The highest BCUT2D eigenvalue weighted by Crippen LogP contribution is 2.76. The van der Waals surface area contributed by atoms with Crippen molar-refractivity contribution < 1.29 is 39.8 Å². The topological polar surface area (TPSA) is 137 Å². The fraction of sp³-hybridized carbons (Fsp3) is 0.914. The van der Waals surface area contributed by atoms with Gasteiger partial charge in [0.2, 0.25) is 0 Å². The van der Waals surface area contributed by atoms with Gasteiger partial charge in [0.15, 0.2) is 6.29 Å². The number of carbonyl (C=O) groups is 1. The van der Waals surface area contributed by atoms with E-state index in [1.54, 1.807) is 0 Å². The summed E-state index contributed by atoms with van der Waals surface area (Å²) in [4.78, 5) is 13.0. The van der Waals surface area contributed by atoms with Crippen LogP contribution in [0.4, 0.5) is 0 Å². The number of ether oxygens (including phenoxy) is 2. The minimum Gasteiger partial charge on any atom is -0.481 e. The fourth-order valence-electron chi connectivity index (χ4n) is 12.1. The van der Waals surface area contributed by atoms with Gasteiger partial charge in [-0.05, 0) is 104 Å². The van der Waals surface area contributed by atoms with Crippen LogP contribution in [0, 0.1) is 50.7 Å². The zero-order valence-electron chi connectivity index (χ0n) is 27.3. The average Bonchev–Trinajstić information content (AvgIpc) is 2.92. The molecule has 0 amide bonds. The average molecular weight is 605 g/mol. The van der Waals surface area contributed by atoms with Crippen LogP contribution in [0.15, 0.2) is 11.6 Å². The van der Waals surface area contributed by atoms with E-state index in [1.807, 2.05) is 6.92 Å². The number of rotatable bonds is 3. The lowest BCUT2D eigenvalue weighted by atomic mass is 9.33. The van der Waals surface area contributed by atoms with Crippen LogP contribution in [-0.4, -0.2) is 74.4 Å². The third-order valence-corrected chi connectivity index (χ3v) is 15.2. The molecule has 5 N–H and O–H groups in total. The number of fused-ring (bicyclic) bond motifs is 7. The maximum atomic E-state index is 13.0. The van der Waals surface area contributed by atoms with Gasteiger partial charge in [0.05, 0.1) is 23.7 Å². The van der Waals surface area contributed by atoms with Crippen molar-refractivity contribution >= 4 is 5.97 Å². The smallest absolute Gasteiger partial charge is 0.310 e. The molecule has 14 atom stereocenters. The van der Waals surface area contributed by atoms with E-state index >= 15 is 0 Å². The summed E-state index contributed by atoms with van der Waals surface area (Å²) >= 11 is 0. The van der Waals surface area contributed by atoms with Crippen LogP contribution >= 0.6 is 0 Å². The molecule has 8 nitrogen and oxygen atoms in total. The van der Waals surface area contributed by atoms with Gasteiger partial charge in [-0.25, -0.2) is 0 Å². The Hall–Kier alpha value is -1.03. The fourth-order valence-corrected chi connectivity index (χ4v) is 12.1. The highest BCUT2D eigenvalue weighted by molar-refractivity contribution is 5.77. The normalized spacial score (nSPS) is 56.1. The monoisotopic (exact) mass is 604 g/mol.